The van der Waals surface area contributed by atoms with Crippen LogP contribution in [0.25, 0.3) is 0 Å². The second kappa shape index (κ2) is 6.70. The molecule has 4 heteroatoms. The van der Waals surface area contributed by atoms with E-state index in [-0.39, 0.29) is 0 Å². The van der Waals surface area contributed by atoms with Gasteiger partial charge in [-0.25, -0.2) is 0 Å². The van der Waals surface area contributed by atoms with Gasteiger partial charge in [0.2, 0.25) is 0 Å². The van der Waals surface area contributed by atoms with Gasteiger partial charge in [0.1, 0.15) is 0 Å². The molecule has 0 amide bonds. The molecule has 0 spiro atoms. The SMILES string of the molecule is C=CP(OC)OCCC#N. The molecule has 0 heterocycles. The van der Waals surface area contributed by atoms with Crippen LogP contribution in [0.5, 0.6) is 0 Å². The largest absolute Gasteiger partial charge is 0.334 e. The zero-order chi connectivity index (χ0) is 7.82. The van der Waals surface area contributed by atoms with Gasteiger partial charge in [0.25, 0.3) is 0 Å². The third-order valence-electron chi connectivity index (χ3n) is 0.761. The molecule has 56 valence electrons. The van der Waals surface area contributed by atoms with Gasteiger partial charge in [-0.1, -0.05) is 6.58 Å². The Labute approximate surface area is 62.2 Å². The van der Waals surface area contributed by atoms with Crippen LogP contribution in [0.4, 0.5) is 0 Å². The van der Waals surface area contributed by atoms with Crippen molar-refractivity contribution in [3.05, 3.63) is 12.4 Å². The lowest BCUT2D eigenvalue weighted by Gasteiger charge is -2.07. The number of hydrogen-bond donors (Lipinski definition) is 0. The van der Waals surface area contributed by atoms with E-state index in [9.17, 15) is 0 Å². The lowest BCUT2D eigenvalue weighted by atomic mass is 10.5. The molecule has 0 aromatic rings. The Bertz CT molecular complexity index is 132. The van der Waals surface area contributed by atoms with Crippen molar-refractivity contribution in [1.82, 2.24) is 0 Å². The summed E-state index contributed by atoms with van der Waals surface area (Å²) in [5.41, 5.74) is 0. The van der Waals surface area contributed by atoms with E-state index in [0.29, 0.717) is 13.0 Å². The quantitative estimate of drug-likeness (QED) is 0.455. The Morgan fingerprint density at radius 2 is 2.50 bits per heavy atom. The topological polar surface area (TPSA) is 42.2 Å². The first kappa shape index (κ1) is 9.58. The van der Waals surface area contributed by atoms with Crippen molar-refractivity contribution >= 4 is 8.38 Å². The van der Waals surface area contributed by atoms with Crippen LogP contribution >= 0.6 is 8.38 Å². The standard InChI is InChI=1S/C6H10NO2P/c1-3-10(8-2)9-6-4-5-7/h3H,1,4,6H2,2H3. The molecule has 3 nitrogen and oxygen atoms in total. The molecular weight excluding hydrogens is 149 g/mol. The molecule has 0 radical (unpaired) electrons. The van der Waals surface area contributed by atoms with E-state index in [0.717, 1.165) is 0 Å². The maximum absolute atomic E-state index is 8.14. The maximum Gasteiger partial charge on any atom is 0.196 e. The summed E-state index contributed by atoms with van der Waals surface area (Å²) in [6.45, 7) is 3.93. The fraction of sp³-hybridized carbons (Fsp3) is 0.500. The van der Waals surface area contributed by atoms with E-state index in [4.69, 9.17) is 14.3 Å². The van der Waals surface area contributed by atoms with Crippen molar-refractivity contribution < 1.29 is 9.05 Å². The summed E-state index contributed by atoms with van der Waals surface area (Å²) in [7, 11) is 0.600. The third kappa shape index (κ3) is 4.46. The first-order valence-electron chi connectivity index (χ1n) is 2.81. The van der Waals surface area contributed by atoms with Gasteiger partial charge in [0.05, 0.1) is 19.1 Å². The van der Waals surface area contributed by atoms with Crippen molar-refractivity contribution in [2.75, 3.05) is 13.7 Å². The maximum atomic E-state index is 8.14. The van der Waals surface area contributed by atoms with E-state index in [1.165, 1.54) is 0 Å². The Morgan fingerprint density at radius 3 is 2.90 bits per heavy atom. The summed E-state index contributed by atoms with van der Waals surface area (Å²) in [6.07, 6.45) is 0.399. The molecule has 0 aromatic carbocycles. The van der Waals surface area contributed by atoms with Crippen LogP contribution in [0.15, 0.2) is 12.4 Å². The van der Waals surface area contributed by atoms with Gasteiger partial charge in [-0.3, -0.25) is 0 Å². The summed E-state index contributed by atoms with van der Waals surface area (Å²) in [6, 6.07) is 1.97. The molecule has 0 aliphatic rings. The Hall–Kier alpha value is -0.420. The molecule has 0 saturated heterocycles. The monoisotopic (exact) mass is 159 g/mol. The first-order valence-corrected chi connectivity index (χ1v) is 4.05. The minimum atomic E-state index is -0.955. The molecule has 0 aromatic heterocycles. The fourth-order valence-electron chi connectivity index (χ4n) is 0.361. The molecule has 0 rings (SSSR count). The van der Waals surface area contributed by atoms with Gasteiger partial charge in [0.15, 0.2) is 8.38 Å². The fourth-order valence-corrected chi connectivity index (χ4v) is 0.992. The molecule has 10 heavy (non-hydrogen) atoms. The normalized spacial score (nSPS) is 12.0. The Morgan fingerprint density at radius 1 is 1.80 bits per heavy atom. The van der Waals surface area contributed by atoms with Crippen LogP contribution in [-0.2, 0) is 9.05 Å². The highest BCUT2D eigenvalue weighted by molar-refractivity contribution is 7.50. The van der Waals surface area contributed by atoms with Crippen LogP contribution < -0.4 is 0 Å². The van der Waals surface area contributed by atoms with Gasteiger partial charge in [-0.15, -0.1) is 0 Å². The molecule has 0 aliphatic carbocycles. The zero-order valence-electron chi connectivity index (χ0n) is 5.91. The Balaban J connectivity index is 3.27. The summed E-state index contributed by atoms with van der Waals surface area (Å²) in [4.78, 5) is 0. The van der Waals surface area contributed by atoms with Crippen LogP contribution in [-0.4, -0.2) is 13.7 Å². The summed E-state index contributed by atoms with van der Waals surface area (Å²) in [5, 5.41) is 8.14. The number of rotatable bonds is 5. The molecule has 0 aliphatic heterocycles. The molecule has 0 N–H and O–H groups in total. The second-order valence-electron chi connectivity index (χ2n) is 1.39. The predicted octanol–water partition coefficient (Wildman–Crippen LogP) is 2.02. The highest BCUT2D eigenvalue weighted by Crippen LogP contribution is 2.37. The van der Waals surface area contributed by atoms with Crippen LogP contribution in [0.3, 0.4) is 0 Å². The van der Waals surface area contributed by atoms with Gasteiger partial charge in [-0.2, -0.15) is 5.26 Å². The molecule has 0 fully saturated rings. The van der Waals surface area contributed by atoms with Crippen molar-refractivity contribution in [2.45, 2.75) is 6.42 Å². The highest BCUT2D eigenvalue weighted by Gasteiger charge is 1.99. The molecule has 0 bridgehead atoms. The van der Waals surface area contributed by atoms with Crippen LogP contribution in [0.2, 0.25) is 0 Å². The molecule has 0 saturated carbocycles. The van der Waals surface area contributed by atoms with Crippen molar-refractivity contribution in [2.24, 2.45) is 0 Å². The van der Waals surface area contributed by atoms with Gasteiger partial charge in [0, 0.05) is 7.11 Å². The van der Waals surface area contributed by atoms with Crippen molar-refractivity contribution in [3.8, 4) is 6.07 Å². The average molecular weight is 159 g/mol. The van der Waals surface area contributed by atoms with E-state index in [1.54, 1.807) is 12.9 Å². The minimum Gasteiger partial charge on any atom is -0.334 e. The number of hydrogen-bond acceptors (Lipinski definition) is 3. The van der Waals surface area contributed by atoms with E-state index >= 15 is 0 Å². The van der Waals surface area contributed by atoms with E-state index < -0.39 is 8.38 Å². The Kier molecular flexibility index (Phi) is 6.42. The van der Waals surface area contributed by atoms with E-state index in [2.05, 4.69) is 6.58 Å². The van der Waals surface area contributed by atoms with Crippen molar-refractivity contribution in [3.63, 3.8) is 0 Å². The summed E-state index contributed by atoms with van der Waals surface area (Å²) >= 11 is 0. The first-order chi connectivity index (χ1) is 4.85. The van der Waals surface area contributed by atoms with Crippen LogP contribution in [0.1, 0.15) is 6.42 Å². The minimum absolute atomic E-state index is 0.399. The third-order valence-corrected chi connectivity index (χ3v) is 1.86. The number of nitrogens with zero attached hydrogens (tertiary/aromatic N) is 1. The van der Waals surface area contributed by atoms with Gasteiger partial charge < -0.3 is 9.05 Å². The molecule has 1 unspecified atom stereocenters. The molecular formula is C6H10NO2P. The summed E-state index contributed by atoms with van der Waals surface area (Å²) in [5.74, 6) is 1.60. The smallest absolute Gasteiger partial charge is 0.196 e. The van der Waals surface area contributed by atoms with Gasteiger partial charge >= 0.3 is 0 Å². The molecule has 1 atom stereocenters. The predicted molar refractivity (Wildman–Crippen MR) is 40.3 cm³/mol. The zero-order valence-corrected chi connectivity index (χ0v) is 6.80. The van der Waals surface area contributed by atoms with E-state index in [1.807, 2.05) is 6.07 Å². The van der Waals surface area contributed by atoms with Crippen LogP contribution in [0, 0.1) is 11.3 Å². The highest BCUT2D eigenvalue weighted by atomic mass is 31.2. The summed E-state index contributed by atoms with van der Waals surface area (Å²) < 4.78 is 9.94. The van der Waals surface area contributed by atoms with Gasteiger partial charge in [-0.05, 0) is 5.82 Å². The number of nitriles is 1. The second-order valence-corrected chi connectivity index (χ2v) is 2.95. The lowest BCUT2D eigenvalue weighted by Crippen LogP contribution is -1.87. The van der Waals surface area contributed by atoms with Crippen molar-refractivity contribution in [1.29, 1.82) is 5.26 Å². The lowest BCUT2D eigenvalue weighted by molar-refractivity contribution is 0.297. The average Bonchev–Trinajstić information content (AvgIpc) is 1.99.